The molecular weight excluding hydrogens is 261 g/mol. The number of aromatic nitrogens is 2. The minimum absolute atomic E-state index is 0.171. The average molecular weight is 267 g/mol. The maximum absolute atomic E-state index is 13.1. The van der Waals surface area contributed by atoms with Gasteiger partial charge in [0.25, 0.3) is 5.88 Å². The maximum Gasteiger partial charge on any atom is 0.254 e. The summed E-state index contributed by atoms with van der Waals surface area (Å²) in [6.45, 7) is 0. The van der Waals surface area contributed by atoms with E-state index in [1.54, 1.807) is 12.1 Å². The standard InChI is InChI=1S/C10H6FN3OS2/c11-8-3-1-2-7(4-8)9-10(14-17-13-9)15-6-16-5-12/h1-4H,6H2. The molecule has 0 amide bonds. The molecule has 2 rings (SSSR count). The molecule has 0 spiro atoms. The van der Waals surface area contributed by atoms with Gasteiger partial charge in [-0.1, -0.05) is 12.1 Å². The molecule has 0 unspecified atom stereocenters. The van der Waals surface area contributed by atoms with Gasteiger partial charge in [-0.05, 0) is 23.9 Å². The highest BCUT2D eigenvalue weighted by Gasteiger charge is 2.12. The Morgan fingerprint density at radius 1 is 1.47 bits per heavy atom. The fraction of sp³-hybridized carbons (Fsp3) is 0.100. The van der Waals surface area contributed by atoms with Crippen LogP contribution in [0.2, 0.25) is 0 Å². The van der Waals surface area contributed by atoms with E-state index >= 15 is 0 Å². The highest BCUT2D eigenvalue weighted by molar-refractivity contribution is 8.03. The number of rotatable bonds is 4. The smallest absolute Gasteiger partial charge is 0.254 e. The second kappa shape index (κ2) is 5.61. The fourth-order valence-electron chi connectivity index (χ4n) is 1.20. The number of nitriles is 1. The van der Waals surface area contributed by atoms with E-state index in [-0.39, 0.29) is 11.8 Å². The van der Waals surface area contributed by atoms with Crippen LogP contribution in [0.25, 0.3) is 11.3 Å². The number of hydrogen-bond acceptors (Lipinski definition) is 6. The quantitative estimate of drug-likeness (QED) is 0.484. The second-order valence-corrected chi connectivity index (χ2v) is 4.16. The van der Waals surface area contributed by atoms with Crippen molar-refractivity contribution in [3.05, 3.63) is 30.1 Å². The molecule has 17 heavy (non-hydrogen) atoms. The molecule has 0 fully saturated rings. The van der Waals surface area contributed by atoms with E-state index in [1.165, 1.54) is 12.1 Å². The topological polar surface area (TPSA) is 58.8 Å². The number of benzene rings is 1. The van der Waals surface area contributed by atoms with Crippen LogP contribution in [0.5, 0.6) is 5.88 Å². The van der Waals surface area contributed by atoms with Gasteiger partial charge in [-0.25, -0.2) is 4.39 Å². The zero-order valence-electron chi connectivity index (χ0n) is 8.46. The van der Waals surface area contributed by atoms with E-state index in [9.17, 15) is 4.39 Å². The molecular formula is C10H6FN3OS2. The van der Waals surface area contributed by atoms with Gasteiger partial charge in [0.05, 0.1) is 11.7 Å². The lowest BCUT2D eigenvalue weighted by atomic mass is 10.1. The summed E-state index contributed by atoms with van der Waals surface area (Å²) in [4.78, 5) is 0. The molecule has 0 radical (unpaired) electrons. The molecule has 7 heteroatoms. The molecule has 0 bridgehead atoms. The number of thioether (sulfide) groups is 1. The minimum atomic E-state index is -0.340. The minimum Gasteiger partial charge on any atom is -0.463 e. The van der Waals surface area contributed by atoms with Gasteiger partial charge in [-0.3, -0.25) is 0 Å². The first-order chi connectivity index (χ1) is 8.31. The fourth-order valence-corrected chi connectivity index (χ4v) is 1.94. The molecule has 0 saturated heterocycles. The summed E-state index contributed by atoms with van der Waals surface area (Å²) in [6, 6.07) is 6.04. The van der Waals surface area contributed by atoms with Crippen LogP contribution in [-0.4, -0.2) is 14.7 Å². The Kier molecular flexibility index (Phi) is 3.90. The molecule has 1 heterocycles. The van der Waals surface area contributed by atoms with E-state index in [2.05, 4.69) is 8.75 Å². The first kappa shape index (κ1) is 11.8. The van der Waals surface area contributed by atoms with Crippen LogP contribution in [0.3, 0.4) is 0 Å². The van der Waals surface area contributed by atoms with Crippen LogP contribution >= 0.6 is 23.5 Å². The number of hydrogen-bond donors (Lipinski definition) is 0. The summed E-state index contributed by atoms with van der Waals surface area (Å²) < 4.78 is 26.3. The summed E-state index contributed by atoms with van der Waals surface area (Å²) in [5.41, 5.74) is 1.10. The Morgan fingerprint density at radius 2 is 2.35 bits per heavy atom. The summed E-state index contributed by atoms with van der Waals surface area (Å²) in [7, 11) is 0. The summed E-state index contributed by atoms with van der Waals surface area (Å²) in [5.74, 6) is 0.153. The zero-order valence-corrected chi connectivity index (χ0v) is 10.1. The first-order valence-electron chi connectivity index (χ1n) is 4.53. The third-order valence-corrected chi connectivity index (χ3v) is 2.75. The normalized spacial score (nSPS) is 9.88. The van der Waals surface area contributed by atoms with Gasteiger partial charge in [0.2, 0.25) is 0 Å². The Hall–Kier alpha value is -1.65. The van der Waals surface area contributed by atoms with Crippen molar-refractivity contribution in [3.63, 3.8) is 0 Å². The molecule has 86 valence electrons. The van der Waals surface area contributed by atoms with E-state index < -0.39 is 0 Å². The molecule has 0 N–H and O–H groups in total. The Morgan fingerprint density at radius 3 is 3.12 bits per heavy atom. The average Bonchev–Trinajstić information content (AvgIpc) is 2.78. The van der Waals surface area contributed by atoms with Gasteiger partial charge in [0, 0.05) is 5.56 Å². The number of ether oxygens (including phenoxy) is 1. The summed E-state index contributed by atoms with van der Waals surface area (Å²) >= 11 is 1.94. The Labute approximate surface area is 105 Å². The largest absolute Gasteiger partial charge is 0.463 e. The molecule has 0 aliphatic heterocycles. The molecule has 0 saturated carbocycles. The van der Waals surface area contributed by atoms with Crippen molar-refractivity contribution in [2.75, 3.05) is 5.94 Å². The first-order valence-corrected chi connectivity index (χ1v) is 6.25. The predicted octanol–water partition coefficient (Wildman–Crippen LogP) is 2.89. The lowest BCUT2D eigenvalue weighted by Crippen LogP contribution is -1.93. The summed E-state index contributed by atoms with van der Waals surface area (Å²) in [5, 5.41) is 10.3. The van der Waals surface area contributed by atoms with Gasteiger partial charge in [-0.15, -0.1) is 4.37 Å². The third-order valence-electron chi connectivity index (χ3n) is 1.88. The van der Waals surface area contributed by atoms with Crippen molar-refractivity contribution in [2.45, 2.75) is 0 Å². The Bertz CT molecular complexity index is 552. The van der Waals surface area contributed by atoms with Crippen molar-refractivity contribution in [2.24, 2.45) is 0 Å². The van der Waals surface area contributed by atoms with Crippen molar-refractivity contribution in [1.82, 2.24) is 8.75 Å². The molecule has 0 aliphatic carbocycles. The second-order valence-electron chi connectivity index (χ2n) is 2.93. The lowest BCUT2D eigenvalue weighted by Gasteiger charge is -2.01. The zero-order chi connectivity index (χ0) is 12.1. The van der Waals surface area contributed by atoms with Crippen LogP contribution in [0.4, 0.5) is 4.39 Å². The van der Waals surface area contributed by atoms with Gasteiger partial charge in [0.1, 0.15) is 22.9 Å². The lowest BCUT2D eigenvalue weighted by molar-refractivity contribution is 0.383. The monoisotopic (exact) mass is 267 g/mol. The van der Waals surface area contributed by atoms with E-state index in [1.807, 2.05) is 5.40 Å². The molecule has 0 aliphatic rings. The molecule has 1 aromatic carbocycles. The van der Waals surface area contributed by atoms with Gasteiger partial charge in [-0.2, -0.15) is 9.64 Å². The number of halogens is 1. The Balaban J connectivity index is 2.22. The van der Waals surface area contributed by atoms with Crippen LogP contribution in [0, 0.1) is 16.5 Å². The van der Waals surface area contributed by atoms with E-state index in [0.717, 1.165) is 23.5 Å². The molecule has 0 atom stereocenters. The summed E-state index contributed by atoms with van der Waals surface area (Å²) in [6.07, 6.45) is 0. The van der Waals surface area contributed by atoms with Gasteiger partial charge < -0.3 is 4.74 Å². The number of thiocyanates is 1. The van der Waals surface area contributed by atoms with Crippen LogP contribution < -0.4 is 4.74 Å². The van der Waals surface area contributed by atoms with Crippen molar-refractivity contribution in [1.29, 1.82) is 5.26 Å². The van der Waals surface area contributed by atoms with Crippen molar-refractivity contribution >= 4 is 23.5 Å². The maximum atomic E-state index is 13.1. The van der Waals surface area contributed by atoms with Crippen LogP contribution in [0.15, 0.2) is 24.3 Å². The predicted molar refractivity (Wildman–Crippen MR) is 64.0 cm³/mol. The highest BCUT2D eigenvalue weighted by atomic mass is 32.2. The number of nitrogens with zero attached hydrogens (tertiary/aromatic N) is 3. The van der Waals surface area contributed by atoms with Crippen LogP contribution in [-0.2, 0) is 0 Å². The highest BCUT2D eigenvalue weighted by Crippen LogP contribution is 2.28. The van der Waals surface area contributed by atoms with E-state index in [0.29, 0.717) is 17.1 Å². The third kappa shape index (κ3) is 2.93. The molecule has 1 aromatic heterocycles. The van der Waals surface area contributed by atoms with E-state index in [4.69, 9.17) is 10.00 Å². The molecule has 2 aromatic rings. The molecule has 4 nitrogen and oxygen atoms in total. The van der Waals surface area contributed by atoms with Crippen molar-refractivity contribution < 1.29 is 9.13 Å². The van der Waals surface area contributed by atoms with Crippen LogP contribution in [0.1, 0.15) is 0 Å². The SMILES string of the molecule is N#CSCOc1nsnc1-c1cccc(F)c1. The van der Waals surface area contributed by atoms with Gasteiger partial charge in [0.15, 0.2) is 0 Å². The van der Waals surface area contributed by atoms with Gasteiger partial charge >= 0.3 is 0 Å². The van der Waals surface area contributed by atoms with Crippen molar-refractivity contribution in [3.8, 4) is 22.5 Å².